The van der Waals surface area contributed by atoms with Crippen molar-refractivity contribution in [2.24, 2.45) is 7.05 Å². The molecule has 0 amide bonds. The highest BCUT2D eigenvalue weighted by atomic mass is 35.5. The van der Waals surface area contributed by atoms with Gasteiger partial charge in [-0.2, -0.15) is 5.10 Å². The van der Waals surface area contributed by atoms with Gasteiger partial charge < -0.3 is 0 Å². The highest BCUT2D eigenvalue weighted by Gasteiger charge is 2.16. The Balaban J connectivity index is 2.09. The Bertz CT molecular complexity index is 575. The fourth-order valence-electron chi connectivity index (χ4n) is 2.08. The number of hydrogen-bond donors (Lipinski definition) is 0. The number of Topliss-reactive ketones (excluding diaryl/α,β-unsaturated/α-hetero) is 1. The third-order valence-corrected chi connectivity index (χ3v) is 3.55. The zero-order valence-corrected chi connectivity index (χ0v) is 11.9. The second kappa shape index (κ2) is 6.02. The van der Waals surface area contributed by atoms with Crippen LogP contribution in [0.2, 0.25) is 5.02 Å². The van der Waals surface area contributed by atoms with E-state index in [2.05, 4.69) is 5.10 Å². The Labute approximate surface area is 118 Å². The molecule has 0 unspecified atom stereocenters. The molecular formula is C15H17ClN2O. The molecule has 0 aliphatic rings. The van der Waals surface area contributed by atoms with Crippen LogP contribution in [-0.4, -0.2) is 15.6 Å². The van der Waals surface area contributed by atoms with Crippen molar-refractivity contribution in [2.75, 3.05) is 0 Å². The van der Waals surface area contributed by atoms with E-state index in [4.69, 9.17) is 11.6 Å². The summed E-state index contributed by atoms with van der Waals surface area (Å²) in [5.74, 6) is 0.152. The number of halogens is 1. The van der Waals surface area contributed by atoms with E-state index in [0.717, 1.165) is 23.4 Å². The average molecular weight is 277 g/mol. The topological polar surface area (TPSA) is 34.9 Å². The molecule has 0 aliphatic heterocycles. The summed E-state index contributed by atoms with van der Waals surface area (Å²) in [4.78, 5) is 12.1. The van der Waals surface area contributed by atoms with Crippen LogP contribution in [-0.2, 0) is 31.1 Å². The molecule has 0 atom stereocenters. The number of aromatic nitrogens is 2. The third-order valence-electron chi connectivity index (χ3n) is 3.11. The molecular weight excluding hydrogens is 260 g/mol. The van der Waals surface area contributed by atoms with Crippen molar-refractivity contribution in [3.05, 3.63) is 52.3 Å². The predicted molar refractivity (Wildman–Crippen MR) is 76.5 cm³/mol. The predicted octanol–water partition coefficient (Wildman–Crippen LogP) is 2.99. The molecule has 0 fully saturated rings. The summed E-state index contributed by atoms with van der Waals surface area (Å²) in [7, 11) is 1.83. The maximum absolute atomic E-state index is 12.1. The van der Waals surface area contributed by atoms with Crippen LogP contribution < -0.4 is 0 Å². The van der Waals surface area contributed by atoms with Crippen LogP contribution in [0.25, 0.3) is 0 Å². The lowest BCUT2D eigenvalue weighted by Gasteiger charge is -2.03. The average Bonchev–Trinajstić information content (AvgIpc) is 2.67. The first-order valence-electron chi connectivity index (χ1n) is 6.37. The lowest BCUT2D eigenvalue weighted by atomic mass is 10.1. The smallest absolute Gasteiger partial charge is 0.143 e. The molecule has 0 spiro atoms. The Morgan fingerprint density at radius 3 is 2.53 bits per heavy atom. The van der Waals surface area contributed by atoms with E-state index in [-0.39, 0.29) is 5.78 Å². The lowest BCUT2D eigenvalue weighted by molar-refractivity contribution is -0.117. The van der Waals surface area contributed by atoms with E-state index in [9.17, 15) is 4.79 Å². The van der Waals surface area contributed by atoms with Crippen molar-refractivity contribution in [1.29, 1.82) is 0 Å². The van der Waals surface area contributed by atoms with Crippen LogP contribution in [0.3, 0.4) is 0 Å². The minimum absolute atomic E-state index is 0.152. The Hall–Kier alpha value is -1.61. The minimum Gasteiger partial charge on any atom is -0.299 e. The zero-order chi connectivity index (χ0) is 13.8. The molecule has 2 aromatic rings. The quantitative estimate of drug-likeness (QED) is 0.841. The molecule has 1 aromatic heterocycles. The standard InChI is InChI=1S/C15H17ClN2O/c1-3-13-15(16)14(18(2)17-13)10-12(19)9-11-7-5-4-6-8-11/h4-8H,3,9-10H2,1-2H3. The summed E-state index contributed by atoms with van der Waals surface area (Å²) in [6.45, 7) is 2.00. The second-order valence-corrected chi connectivity index (χ2v) is 4.94. The number of hydrogen-bond acceptors (Lipinski definition) is 2. The van der Waals surface area contributed by atoms with Gasteiger partial charge in [-0.05, 0) is 12.0 Å². The SMILES string of the molecule is CCc1nn(C)c(CC(=O)Cc2ccccc2)c1Cl. The maximum Gasteiger partial charge on any atom is 0.143 e. The maximum atomic E-state index is 12.1. The van der Waals surface area contributed by atoms with E-state index in [0.29, 0.717) is 17.9 Å². The zero-order valence-electron chi connectivity index (χ0n) is 11.2. The monoisotopic (exact) mass is 276 g/mol. The number of nitrogens with zero attached hydrogens (tertiary/aromatic N) is 2. The van der Waals surface area contributed by atoms with E-state index >= 15 is 0 Å². The number of ketones is 1. The fraction of sp³-hybridized carbons (Fsp3) is 0.333. The molecule has 0 N–H and O–H groups in total. The third kappa shape index (κ3) is 3.24. The summed E-state index contributed by atoms with van der Waals surface area (Å²) in [6, 6.07) is 9.74. The first-order chi connectivity index (χ1) is 9.11. The van der Waals surface area contributed by atoms with Gasteiger partial charge in [0, 0.05) is 13.5 Å². The van der Waals surface area contributed by atoms with Gasteiger partial charge in [-0.25, -0.2) is 0 Å². The molecule has 0 saturated heterocycles. The molecule has 4 heteroatoms. The van der Waals surface area contributed by atoms with E-state index in [1.807, 2.05) is 44.3 Å². The van der Waals surface area contributed by atoms with Crippen molar-refractivity contribution < 1.29 is 4.79 Å². The van der Waals surface area contributed by atoms with Crippen LogP contribution in [0.5, 0.6) is 0 Å². The van der Waals surface area contributed by atoms with Crippen molar-refractivity contribution in [3.63, 3.8) is 0 Å². The van der Waals surface area contributed by atoms with Gasteiger partial charge in [0.1, 0.15) is 5.78 Å². The molecule has 0 saturated carbocycles. The van der Waals surface area contributed by atoms with Gasteiger partial charge in [-0.3, -0.25) is 9.48 Å². The summed E-state index contributed by atoms with van der Waals surface area (Å²) in [6.07, 6.45) is 1.54. The Morgan fingerprint density at radius 2 is 1.95 bits per heavy atom. The van der Waals surface area contributed by atoms with Gasteiger partial charge in [0.25, 0.3) is 0 Å². The minimum atomic E-state index is 0.152. The number of carbonyl (C=O) groups excluding carboxylic acids is 1. The summed E-state index contributed by atoms with van der Waals surface area (Å²) in [5, 5.41) is 4.95. The molecule has 0 bridgehead atoms. The second-order valence-electron chi connectivity index (χ2n) is 4.56. The molecule has 0 aliphatic carbocycles. The first-order valence-corrected chi connectivity index (χ1v) is 6.75. The molecule has 1 aromatic carbocycles. The van der Waals surface area contributed by atoms with E-state index in [1.54, 1.807) is 4.68 Å². The van der Waals surface area contributed by atoms with Crippen molar-refractivity contribution in [1.82, 2.24) is 9.78 Å². The van der Waals surface area contributed by atoms with Crippen LogP contribution in [0.4, 0.5) is 0 Å². The number of aryl methyl sites for hydroxylation is 2. The lowest BCUT2D eigenvalue weighted by Crippen LogP contribution is -2.10. The van der Waals surface area contributed by atoms with E-state index < -0.39 is 0 Å². The highest BCUT2D eigenvalue weighted by molar-refractivity contribution is 6.32. The van der Waals surface area contributed by atoms with Crippen LogP contribution >= 0.6 is 11.6 Å². The van der Waals surface area contributed by atoms with Crippen LogP contribution in [0.1, 0.15) is 23.9 Å². The van der Waals surface area contributed by atoms with Crippen molar-refractivity contribution >= 4 is 17.4 Å². The Kier molecular flexibility index (Phi) is 4.38. The van der Waals surface area contributed by atoms with E-state index in [1.165, 1.54) is 0 Å². The first kappa shape index (κ1) is 13.8. The van der Waals surface area contributed by atoms with Gasteiger partial charge >= 0.3 is 0 Å². The highest BCUT2D eigenvalue weighted by Crippen LogP contribution is 2.21. The number of carbonyl (C=O) groups is 1. The van der Waals surface area contributed by atoms with Gasteiger partial charge in [0.05, 0.1) is 22.8 Å². The van der Waals surface area contributed by atoms with Crippen molar-refractivity contribution in [3.8, 4) is 0 Å². The van der Waals surface area contributed by atoms with Gasteiger partial charge in [0.15, 0.2) is 0 Å². The normalized spacial score (nSPS) is 10.7. The number of rotatable bonds is 5. The number of benzene rings is 1. The molecule has 1 heterocycles. The molecule has 0 radical (unpaired) electrons. The Morgan fingerprint density at radius 1 is 1.26 bits per heavy atom. The molecule has 100 valence electrons. The van der Waals surface area contributed by atoms with Crippen molar-refractivity contribution in [2.45, 2.75) is 26.2 Å². The van der Waals surface area contributed by atoms with Gasteiger partial charge in [-0.15, -0.1) is 0 Å². The summed E-state index contributed by atoms with van der Waals surface area (Å²) >= 11 is 6.24. The summed E-state index contributed by atoms with van der Waals surface area (Å²) < 4.78 is 1.71. The van der Waals surface area contributed by atoms with Crippen LogP contribution in [0, 0.1) is 0 Å². The molecule has 19 heavy (non-hydrogen) atoms. The molecule has 3 nitrogen and oxygen atoms in total. The molecule has 2 rings (SSSR count). The van der Waals surface area contributed by atoms with Crippen LogP contribution in [0.15, 0.2) is 30.3 Å². The summed E-state index contributed by atoms with van der Waals surface area (Å²) in [5.41, 5.74) is 2.69. The fourth-order valence-corrected chi connectivity index (χ4v) is 2.45. The largest absolute Gasteiger partial charge is 0.299 e. The van der Waals surface area contributed by atoms with Gasteiger partial charge in [-0.1, -0.05) is 48.9 Å². The van der Waals surface area contributed by atoms with Gasteiger partial charge in [0.2, 0.25) is 0 Å².